The van der Waals surface area contributed by atoms with Gasteiger partial charge in [-0.3, -0.25) is 9.67 Å². The first-order valence-corrected chi connectivity index (χ1v) is 9.46. The number of aliphatic imine (C=N–C) groups is 1. The molecule has 0 spiro atoms. The van der Waals surface area contributed by atoms with Crippen molar-refractivity contribution in [3.63, 3.8) is 0 Å². The van der Waals surface area contributed by atoms with Gasteiger partial charge in [0.05, 0.1) is 12.7 Å². The molecular weight excluding hydrogens is 473 g/mol. The third kappa shape index (κ3) is 5.90. The molecule has 0 radical (unpaired) electrons. The summed E-state index contributed by atoms with van der Waals surface area (Å²) in [7, 11) is 3.75. The van der Waals surface area contributed by atoms with Gasteiger partial charge in [-0.2, -0.15) is 10.1 Å². The lowest BCUT2D eigenvalue weighted by molar-refractivity contribution is 0.0683. The minimum atomic E-state index is -0.168. The molecule has 2 atom stereocenters. The number of aromatic nitrogens is 4. The van der Waals surface area contributed by atoms with E-state index in [1.165, 1.54) is 5.56 Å². The summed E-state index contributed by atoms with van der Waals surface area (Å²) in [5.41, 5.74) is 1.29. The number of nitrogens with one attached hydrogen (secondary N) is 1. The highest BCUT2D eigenvalue weighted by Gasteiger charge is 2.25. The summed E-state index contributed by atoms with van der Waals surface area (Å²) in [5.74, 6) is 2.57. The van der Waals surface area contributed by atoms with Gasteiger partial charge in [-0.15, -0.1) is 24.0 Å². The average Bonchev–Trinajstić information content (AvgIpc) is 3.38. The molecule has 1 saturated heterocycles. The van der Waals surface area contributed by atoms with E-state index in [2.05, 4.69) is 36.6 Å². The average molecular weight is 503 g/mol. The van der Waals surface area contributed by atoms with Crippen LogP contribution in [0.5, 0.6) is 0 Å². The topological polar surface area (TPSA) is 93.6 Å². The molecule has 28 heavy (non-hydrogen) atoms. The van der Waals surface area contributed by atoms with Gasteiger partial charge in [0.15, 0.2) is 11.8 Å². The summed E-state index contributed by atoms with van der Waals surface area (Å²) in [6, 6.07) is 0. The van der Waals surface area contributed by atoms with Gasteiger partial charge < -0.3 is 19.5 Å². The van der Waals surface area contributed by atoms with Gasteiger partial charge in [-0.1, -0.05) is 5.16 Å². The third-order valence-electron chi connectivity index (χ3n) is 4.74. The third-order valence-corrected chi connectivity index (χ3v) is 4.74. The van der Waals surface area contributed by atoms with Crippen molar-refractivity contribution in [3.05, 3.63) is 29.7 Å². The van der Waals surface area contributed by atoms with E-state index in [4.69, 9.17) is 9.26 Å². The van der Waals surface area contributed by atoms with Crippen LogP contribution in [0.1, 0.15) is 43.7 Å². The van der Waals surface area contributed by atoms with Gasteiger partial charge in [0.25, 0.3) is 0 Å². The van der Waals surface area contributed by atoms with Crippen LogP contribution in [0.4, 0.5) is 0 Å². The van der Waals surface area contributed by atoms with E-state index in [9.17, 15) is 0 Å². The summed E-state index contributed by atoms with van der Waals surface area (Å²) in [6.45, 7) is 6.89. The summed E-state index contributed by atoms with van der Waals surface area (Å²) in [6.07, 6.45) is 6.06. The zero-order valence-electron chi connectivity index (χ0n) is 17.0. The Morgan fingerprint density at radius 2 is 2.32 bits per heavy atom. The molecule has 2 aromatic rings. The maximum absolute atomic E-state index is 5.49. The highest BCUT2D eigenvalue weighted by Crippen LogP contribution is 2.21. The van der Waals surface area contributed by atoms with Gasteiger partial charge >= 0.3 is 0 Å². The number of likely N-dealkylation sites (tertiary alicyclic amines) is 1. The molecule has 0 aromatic carbocycles. The monoisotopic (exact) mass is 503 g/mol. The smallest absolute Gasteiger partial charge is 0.246 e. The zero-order valence-corrected chi connectivity index (χ0v) is 19.3. The molecule has 1 N–H and O–H groups in total. The summed E-state index contributed by atoms with van der Waals surface area (Å²) in [4.78, 5) is 11.1. The fourth-order valence-electron chi connectivity index (χ4n) is 3.42. The Balaban J connectivity index is 0.00000280. The molecule has 3 rings (SSSR count). The predicted octanol–water partition coefficient (Wildman–Crippen LogP) is 2.16. The Kier molecular flexibility index (Phi) is 8.67. The number of hydrogen-bond acceptors (Lipinski definition) is 6. The van der Waals surface area contributed by atoms with Crippen molar-refractivity contribution in [2.24, 2.45) is 18.0 Å². The van der Waals surface area contributed by atoms with E-state index in [0.29, 0.717) is 30.8 Å². The molecule has 1 aliphatic rings. The van der Waals surface area contributed by atoms with Crippen LogP contribution < -0.4 is 5.32 Å². The zero-order chi connectivity index (χ0) is 19.2. The van der Waals surface area contributed by atoms with Crippen LogP contribution in [0.25, 0.3) is 0 Å². The van der Waals surface area contributed by atoms with Crippen molar-refractivity contribution < 1.29 is 9.26 Å². The van der Waals surface area contributed by atoms with Crippen LogP contribution in [0, 0.1) is 5.92 Å². The Hall–Kier alpha value is -1.69. The number of hydrogen-bond donors (Lipinski definition) is 1. The summed E-state index contributed by atoms with van der Waals surface area (Å²) in [5, 5.41) is 11.6. The fourth-order valence-corrected chi connectivity index (χ4v) is 3.42. The van der Waals surface area contributed by atoms with E-state index in [1.54, 1.807) is 7.05 Å². The summed E-state index contributed by atoms with van der Waals surface area (Å²) >= 11 is 0. The predicted molar refractivity (Wildman–Crippen MR) is 117 cm³/mol. The van der Waals surface area contributed by atoms with E-state index in [-0.39, 0.29) is 30.1 Å². The number of ether oxygens (including phenoxy) is 1. The maximum atomic E-state index is 5.49. The molecule has 0 amide bonds. The fraction of sp³-hybridized carbons (Fsp3) is 0.667. The normalized spacial score (nSPS) is 18.2. The van der Waals surface area contributed by atoms with E-state index in [0.717, 1.165) is 31.9 Å². The lowest BCUT2D eigenvalue weighted by atomic mass is 10.0. The van der Waals surface area contributed by atoms with Crippen molar-refractivity contribution in [2.75, 3.05) is 26.7 Å². The van der Waals surface area contributed by atoms with Crippen LogP contribution >= 0.6 is 24.0 Å². The van der Waals surface area contributed by atoms with Crippen molar-refractivity contribution in [3.8, 4) is 0 Å². The molecule has 1 aliphatic heterocycles. The van der Waals surface area contributed by atoms with Crippen molar-refractivity contribution in [1.29, 1.82) is 0 Å². The van der Waals surface area contributed by atoms with Crippen LogP contribution in [0.15, 0.2) is 21.9 Å². The molecule has 0 saturated carbocycles. The highest BCUT2D eigenvalue weighted by molar-refractivity contribution is 14.0. The number of halogens is 1. The van der Waals surface area contributed by atoms with Crippen molar-refractivity contribution in [2.45, 2.75) is 39.3 Å². The molecule has 0 bridgehead atoms. The van der Waals surface area contributed by atoms with Crippen LogP contribution in [-0.4, -0.2) is 57.5 Å². The van der Waals surface area contributed by atoms with Crippen molar-refractivity contribution in [1.82, 2.24) is 30.1 Å². The summed E-state index contributed by atoms with van der Waals surface area (Å²) < 4.78 is 12.6. The van der Waals surface area contributed by atoms with Gasteiger partial charge in [-0.25, -0.2) is 0 Å². The number of guanidine groups is 1. The van der Waals surface area contributed by atoms with Gasteiger partial charge in [0.2, 0.25) is 5.89 Å². The Morgan fingerprint density at radius 3 is 3.00 bits per heavy atom. The second-order valence-corrected chi connectivity index (χ2v) is 6.87. The van der Waals surface area contributed by atoms with Crippen LogP contribution in [0.3, 0.4) is 0 Å². The SMILES string of the molecule is CCOC(C)c1noc(CNC(=NC)N2CCC(Cc3cnn(C)c3)C2)n1.I. The highest BCUT2D eigenvalue weighted by atomic mass is 127. The van der Waals surface area contributed by atoms with Gasteiger partial charge in [0, 0.05) is 40.0 Å². The van der Waals surface area contributed by atoms with Gasteiger partial charge in [-0.05, 0) is 38.2 Å². The number of nitrogens with zero attached hydrogens (tertiary/aromatic N) is 6. The molecule has 10 heteroatoms. The maximum Gasteiger partial charge on any atom is 0.246 e. The minimum absolute atomic E-state index is 0. The molecule has 156 valence electrons. The molecule has 2 unspecified atom stereocenters. The minimum Gasteiger partial charge on any atom is -0.371 e. The Labute approximate surface area is 182 Å². The Bertz CT molecular complexity index is 761. The number of rotatable bonds is 7. The molecule has 9 nitrogen and oxygen atoms in total. The van der Waals surface area contributed by atoms with Crippen molar-refractivity contribution >= 4 is 29.9 Å². The number of aryl methyl sites for hydroxylation is 1. The second-order valence-electron chi connectivity index (χ2n) is 6.87. The first kappa shape index (κ1) is 22.6. The van der Waals surface area contributed by atoms with Gasteiger partial charge in [0.1, 0.15) is 6.10 Å². The molecule has 3 heterocycles. The van der Waals surface area contributed by atoms with Crippen LogP contribution in [-0.2, 0) is 24.8 Å². The van der Waals surface area contributed by atoms with E-state index >= 15 is 0 Å². The first-order chi connectivity index (χ1) is 13.1. The second kappa shape index (κ2) is 10.7. The van der Waals surface area contributed by atoms with E-state index in [1.807, 2.05) is 31.8 Å². The lowest BCUT2D eigenvalue weighted by Crippen LogP contribution is -2.39. The lowest BCUT2D eigenvalue weighted by Gasteiger charge is -2.21. The molecule has 2 aromatic heterocycles. The standard InChI is InChI=1S/C18H29N7O2.HI/c1-5-26-13(2)17-22-16(27-23-17)10-20-18(19-3)25-7-6-14(12-25)8-15-9-21-24(4)11-15;/h9,11,13-14H,5-8,10,12H2,1-4H3,(H,19,20);1H. The molecule has 0 aliphatic carbocycles. The van der Waals surface area contributed by atoms with E-state index < -0.39 is 0 Å². The molecule has 1 fully saturated rings. The first-order valence-electron chi connectivity index (χ1n) is 9.46. The van der Waals surface area contributed by atoms with Crippen LogP contribution in [0.2, 0.25) is 0 Å². The Morgan fingerprint density at radius 1 is 1.50 bits per heavy atom. The quantitative estimate of drug-likeness (QED) is 0.352. The molecular formula is C18H30IN7O2. The largest absolute Gasteiger partial charge is 0.371 e.